The lowest BCUT2D eigenvalue weighted by Crippen LogP contribution is -2.45. The SMILES string of the molecule is CCNC(C1CCCC1)C1CSCCS1. The maximum absolute atomic E-state index is 3.76. The second-order valence-electron chi connectivity index (χ2n) is 4.61. The van der Waals surface area contributed by atoms with E-state index in [1.807, 2.05) is 0 Å². The van der Waals surface area contributed by atoms with Crippen LogP contribution in [0, 0.1) is 5.92 Å². The zero-order valence-corrected chi connectivity index (χ0v) is 11.3. The number of nitrogens with one attached hydrogen (secondary N) is 1. The first-order valence-electron chi connectivity index (χ1n) is 6.34. The molecule has 1 heterocycles. The predicted octanol–water partition coefficient (Wildman–Crippen LogP) is 3.00. The van der Waals surface area contributed by atoms with Gasteiger partial charge in [-0.2, -0.15) is 23.5 Å². The van der Waals surface area contributed by atoms with E-state index in [1.165, 1.54) is 42.9 Å². The van der Waals surface area contributed by atoms with Crippen molar-refractivity contribution in [3.63, 3.8) is 0 Å². The van der Waals surface area contributed by atoms with Gasteiger partial charge in [0.2, 0.25) is 0 Å². The van der Waals surface area contributed by atoms with E-state index in [1.54, 1.807) is 0 Å². The Morgan fingerprint density at radius 2 is 2.07 bits per heavy atom. The zero-order chi connectivity index (χ0) is 10.5. The molecule has 1 saturated heterocycles. The van der Waals surface area contributed by atoms with Crippen molar-refractivity contribution in [1.82, 2.24) is 5.32 Å². The quantitative estimate of drug-likeness (QED) is 0.818. The fourth-order valence-electron chi connectivity index (χ4n) is 2.87. The van der Waals surface area contributed by atoms with Gasteiger partial charge in [0.25, 0.3) is 0 Å². The van der Waals surface area contributed by atoms with Crippen LogP contribution in [0.3, 0.4) is 0 Å². The highest BCUT2D eigenvalue weighted by atomic mass is 32.2. The van der Waals surface area contributed by atoms with Gasteiger partial charge in [-0.05, 0) is 25.3 Å². The first-order valence-corrected chi connectivity index (χ1v) is 8.55. The van der Waals surface area contributed by atoms with E-state index in [2.05, 4.69) is 35.8 Å². The van der Waals surface area contributed by atoms with E-state index in [0.29, 0.717) is 0 Å². The van der Waals surface area contributed by atoms with E-state index in [-0.39, 0.29) is 0 Å². The molecule has 0 aromatic carbocycles. The third-order valence-electron chi connectivity index (χ3n) is 3.59. The van der Waals surface area contributed by atoms with Crippen LogP contribution in [0.25, 0.3) is 0 Å². The van der Waals surface area contributed by atoms with E-state index < -0.39 is 0 Å². The lowest BCUT2D eigenvalue weighted by molar-refractivity contribution is 0.364. The topological polar surface area (TPSA) is 12.0 Å². The average molecular weight is 245 g/mol. The lowest BCUT2D eigenvalue weighted by Gasteiger charge is -2.34. The summed E-state index contributed by atoms with van der Waals surface area (Å²) in [5.74, 6) is 5.08. The van der Waals surface area contributed by atoms with E-state index in [9.17, 15) is 0 Å². The molecule has 0 amide bonds. The van der Waals surface area contributed by atoms with Crippen LogP contribution in [0.5, 0.6) is 0 Å². The Kier molecular flexibility index (Phi) is 5.18. The number of rotatable bonds is 4. The van der Waals surface area contributed by atoms with Crippen LogP contribution in [-0.4, -0.2) is 35.1 Å². The van der Waals surface area contributed by atoms with E-state index in [0.717, 1.165) is 23.8 Å². The first kappa shape index (κ1) is 12.1. The minimum atomic E-state index is 0.801. The van der Waals surface area contributed by atoms with Crippen molar-refractivity contribution >= 4 is 23.5 Å². The fourth-order valence-corrected chi connectivity index (χ4v) is 5.83. The molecule has 3 heteroatoms. The average Bonchev–Trinajstić information content (AvgIpc) is 2.80. The number of thioether (sulfide) groups is 2. The highest BCUT2D eigenvalue weighted by Crippen LogP contribution is 2.35. The molecule has 2 fully saturated rings. The smallest absolute Gasteiger partial charge is 0.0294 e. The van der Waals surface area contributed by atoms with Gasteiger partial charge in [-0.25, -0.2) is 0 Å². The van der Waals surface area contributed by atoms with E-state index in [4.69, 9.17) is 0 Å². The fraction of sp³-hybridized carbons (Fsp3) is 1.00. The molecule has 88 valence electrons. The van der Waals surface area contributed by atoms with Crippen molar-refractivity contribution in [2.24, 2.45) is 5.92 Å². The van der Waals surface area contributed by atoms with Gasteiger partial charge in [-0.3, -0.25) is 0 Å². The third-order valence-corrected chi connectivity index (χ3v) is 6.47. The van der Waals surface area contributed by atoms with Gasteiger partial charge in [0.05, 0.1) is 0 Å². The summed E-state index contributed by atoms with van der Waals surface area (Å²) < 4.78 is 0. The molecule has 2 rings (SSSR count). The van der Waals surface area contributed by atoms with Gasteiger partial charge in [-0.15, -0.1) is 0 Å². The third kappa shape index (κ3) is 3.31. The Morgan fingerprint density at radius 3 is 2.67 bits per heavy atom. The Balaban J connectivity index is 1.90. The van der Waals surface area contributed by atoms with Crippen LogP contribution in [-0.2, 0) is 0 Å². The molecule has 15 heavy (non-hydrogen) atoms. The first-order chi connectivity index (χ1) is 7.42. The molecule has 0 aromatic heterocycles. The van der Waals surface area contributed by atoms with Crippen LogP contribution in [0.2, 0.25) is 0 Å². The second kappa shape index (κ2) is 6.41. The van der Waals surface area contributed by atoms with Gasteiger partial charge in [0.15, 0.2) is 0 Å². The summed E-state index contributed by atoms with van der Waals surface area (Å²) in [6.45, 7) is 3.39. The highest BCUT2D eigenvalue weighted by Gasteiger charge is 2.32. The van der Waals surface area contributed by atoms with Crippen molar-refractivity contribution in [2.75, 3.05) is 23.8 Å². The van der Waals surface area contributed by atoms with Gasteiger partial charge in [-0.1, -0.05) is 19.8 Å². The largest absolute Gasteiger partial charge is 0.313 e. The van der Waals surface area contributed by atoms with E-state index >= 15 is 0 Å². The Hall–Kier alpha value is 0.660. The summed E-state index contributed by atoms with van der Waals surface area (Å²) in [5.41, 5.74) is 0. The van der Waals surface area contributed by atoms with Crippen molar-refractivity contribution in [1.29, 1.82) is 0 Å². The molecule has 1 N–H and O–H groups in total. The summed E-state index contributed by atoms with van der Waals surface area (Å²) >= 11 is 4.37. The zero-order valence-electron chi connectivity index (χ0n) is 9.71. The summed E-state index contributed by atoms with van der Waals surface area (Å²) in [4.78, 5) is 0. The molecule has 1 saturated carbocycles. The maximum Gasteiger partial charge on any atom is 0.0294 e. The van der Waals surface area contributed by atoms with Crippen LogP contribution >= 0.6 is 23.5 Å². The van der Waals surface area contributed by atoms with Crippen molar-refractivity contribution in [3.05, 3.63) is 0 Å². The Bertz CT molecular complexity index is 174. The van der Waals surface area contributed by atoms with Gasteiger partial charge in [0, 0.05) is 28.6 Å². The van der Waals surface area contributed by atoms with Gasteiger partial charge in [0.1, 0.15) is 0 Å². The molecular formula is C12H23NS2. The molecule has 0 bridgehead atoms. The Labute approximate surface area is 103 Å². The molecular weight excluding hydrogens is 222 g/mol. The molecule has 1 aliphatic carbocycles. The molecule has 0 radical (unpaired) electrons. The normalized spacial score (nSPS) is 30.6. The lowest BCUT2D eigenvalue weighted by atomic mass is 9.95. The van der Waals surface area contributed by atoms with Crippen LogP contribution < -0.4 is 5.32 Å². The summed E-state index contributed by atoms with van der Waals surface area (Å²) in [6, 6.07) is 0.801. The highest BCUT2D eigenvalue weighted by molar-refractivity contribution is 8.06. The monoisotopic (exact) mass is 245 g/mol. The molecule has 2 aliphatic rings. The molecule has 2 atom stereocenters. The van der Waals surface area contributed by atoms with Crippen molar-refractivity contribution in [3.8, 4) is 0 Å². The summed E-state index contributed by atoms with van der Waals surface area (Å²) in [5, 5.41) is 4.64. The minimum Gasteiger partial charge on any atom is -0.313 e. The molecule has 1 aliphatic heterocycles. The molecule has 1 nitrogen and oxygen atoms in total. The minimum absolute atomic E-state index is 0.801. The van der Waals surface area contributed by atoms with Crippen molar-refractivity contribution in [2.45, 2.75) is 43.9 Å². The molecule has 0 aromatic rings. The van der Waals surface area contributed by atoms with Crippen LogP contribution in [0.1, 0.15) is 32.6 Å². The number of hydrogen-bond donors (Lipinski definition) is 1. The predicted molar refractivity (Wildman–Crippen MR) is 73.0 cm³/mol. The summed E-state index contributed by atoms with van der Waals surface area (Å²) in [7, 11) is 0. The van der Waals surface area contributed by atoms with Crippen LogP contribution in [0.15, 0.2) is 0 Å². The van der Waals surface area contributed by atoms with Gasteiger partial charge < -0.3 is 5.32 Å². The van der Waals surface area contributed by atoms with Crippen LogP contribution in [0.4, 0.5) is 0 Å². The second-order valence-corrected chi connectivity index (χ2v) is 7.11. The standard InChI is InChI=1S/C12H23NS2/c1-2-13-12(10-5-3-4-6-10)11-9-14-7-8-15-11/h10-13H,2-9H2,1H3. The maximum atomic E-state index is 3.76. The molecule has 0 spiro atoms. The number of hydrogen-bond acceptors (Lipinski definition) is 3. The van der Waals surface area contributed by atoms with Gasteiger partial charge >= 0.3 is 0 Å². The Morgan fingerprint density at radius 1 is 1.27 bits per heavy atom. The van der Waals surface area contributed by atoms with Crippen molar-refractivity contribution < 1.29 is 0 Å². The molecule has 2 unspecified atom stereocenters. The summed E-state index contributed by atoms with van der Waals surface area (Å²) in [6.07, 6.45) is 5.88.